The highest BCUT2D eigenvalue weighted by atomic mass is 16.4. The summed E-state index contributed by atoms with van der Waals surface area (Å²) in [6, 6.07) is 7.04. The molecule has 1 heterocycles. The molecule has 19 heavy (non-hydrogen) atoms. The van der Waals surface area contributed by atoms with Gasteiger partial charge in [-0.1, -0.05) is 19.1 Å². The van der Waals surface area contributed by atoms with Crippen LogP contribution in [0.5, 0.6) is 0 Å². The van der Waals surface area contributed by atoms with Gasteiger partial charge in [0.25, 0.3) is 5.82 Å². The van der Waals surface area contributed by atoms with E-state index < -0.39 is 5.97 Å². The fourth-order valence-electron chi connectivity index (χ4n) is 2.14. The van der Waals surface area contributed by atoms with Gasteiger partial charge in [-0.2, -0.15) is 0 Å². The van der Waals surface area contributed by atoms with E-state index in [0.29, 0.717) is 5.56 Å². The van der Waals surface area contributed by atoms with E-state index in [1.165, 1.54) is 5.82 Å². The summed E-state index contributed by atoms with van der Waals surface area (Å²) in [5.74, 6) is 0.327. The van der Waals surface area contributed by atoms with Gasteiger partial charge in [0.05, 0.1) is 12.1 Å². The van der Waals surface area contributed by atoms with Crippen LogP contribution in [-0.4, -0.2) is 15.6 Å². The maximum atomic E-state index is 10.8. The summed E-state index contributed by atoms with van der Waals surface area (Å²) in [4.78, 5) is 10.8. The Bertz CT molecular complexity index is 570. The van der Waals surface area contributed by atoms with Gasteiger partial charge in [-0.3, -0.25) is 0 Å². The number of carboxylic acids is 1. The molecule has 0 saturated carbocycles. The molecule has 0 fully saturated rings. The highest BCUT2D eigenvalue weighted by molar-refractivity contribution is 5.87. The summed E-state index contributed by atoms with van der Waals surface area (Å²) in [5.41, 5.74) is 1.43. The van der Waals surface area contributed by atoms with Crippen molar-refractivity contribution in [2.45, 2.75) is 33.4 Å². The van der Waals surface area contributed by atoms with E-state index in [1.54, 1.807) is 12.1 Å². The molecule has 0 amide bonds. The second kappa shape index (κ2) is 5.69. The third-order valence-electron chi connectivity index (χ3n) is 3.28. The first kappa shape index (κ1) is 13.3. The standard InChI is InChI=1S/C15H18N2O2/c1-3-8-16-9-10-17(12(16)2)11-13-4-6-14(7-5-13)15(18)19/h4-7,9-10H,3,8,11H2,1-2H3/p+1. The molecule has 2 rings (SSSR count). The quantitative estimate of drug-likeness (QED) is 0.837. The molecular weight excluding hydrogens is 240 g/mol. The maximum absolute atomic E-state index is 10.8. The van der Waals surface area contributed by atoms with Crippen molar-refractivity contribution in [3.8, 4) is 0 Å². The second-order valence-corrected chi connectivity index (χ2v) is 4.67. The van der Waals surface area contributed by atoms with Gasteiger partial charge < -0.3 is 5.11 Å². The number of carboxylic acid groups (broad SMARTS) is 1. The first-order chi connectivity index (χ1) is 9.11. The van der Waals surface area contributed by atoms with Crippen LogP contribution in [0.1, 0.15) is 35.1 Å². The van der Waals surface area contributed by atoms with Gasteiger partial charge >= 0.3 is 5.97 Å². The lowest BCUT2D eigenvalue weighted by Gasteiger charge is -2.02. The average Bonchev–Trinajstić information content (AvgIpc) is 2.73. The third kappa shape index (κ3) is 3.02. The largest absolute Gasteiger partial charge is 0.478 e. The molecule has 100 valence electrons. The molecule has 4 nitrogen and oxygen atoms in total. The van der Waals surface area contributed by atoms with Crippen molar-refractivity contribution < 1.29 is 14.5 Å². The van der Waals surface area contributed by atoms with Crippen LogP contribution in [0.3, 0.4) is 0 Å². The Labute approximate surface area is 112 Å². The van der Waals surface area contributed by atoms with E-state index in [9.17, 15) is 4.79 Å². The van der Waals surface area contributed by atoms with Crippen molar-refractivity contribution in [2.75, 3.05) is 0 Å². The molecule has 0 bridgehead atoms. The minimum Gasteiger partial charge on any atom is -0.478 e. The number of nitrogens with zero attached hydrogens (tertiary/aromatic N) is 2. The molecule has 0 aliphatic rings. The van der Waals surface area contributed by atoms with E-state index >= 15 is 0 Å². The fourth-order valence-corrected chi connectivity index (χ4v) is 2.14. The molecule has 0 aliphatic carbocycles. The molecule has 4 heteroatoms. The molecule has 0 aliphatic heterocycles. The molecule has 0 radical (unpaired) electrons. The van der Waals surface area contributed by atoms with Crippen molar-refractivity contribution >= 4 is 5.97 Å². The van der Waals surface area contributed by atoms with Gasteiger partial charge in [-0.25, -0.2) is 13.9 Å². The van der Waals surface area contributed by atoms with Gasteiger partial charge in [0.15, 0.2) is 0 Å². The number of aromatic nitrogens is 2. The van der Waals surface area contributed by atoms with Gasteiger partial charge in [0.2, 0.25) is 0 Å². The number of rotatable bonds is 5. The number of hydrogen-bond acceptors (Lipinski definition) is 1. The lowest BCUT2D eigenvalue weighted by atomic mass is 10.1. The summed E-state index contributed by atoms with van der Waals surface area (Å²) in [6.07, 6.45) is 5.27. The van der Waals surface area contributed by atoms with Gasteiger partial charge in [-0.15, -0.1) is 0 Å². The summed E-state index contributed by atoms with van der Waals surface area (Å²) in [6.45, 7) is 6.05. The van der Waals surface area contributed by atoms with Crippen LogP contribution >= 0.6 is 0 Å². The minimum absolute atomic E-state index is 0.328. The Morgan fingerprint density at radius 1 is 1.32 bits per heavy atom. The fraction of sp³-hybridized carbons (Fsp3) is 0.333. The van der Waals surface area contributed by atoms with Crippen molar-refractivity contribution in [3.63, 3.8) is 0 Å². The molecule has 0 spiro atoms. The Morgan fingerprint density at radius 2 is 2.00 bits per heavy atom. The zero-order chi connectivity index (χ0) is 13.8. The van der Waals surface area contributed by atoms with Crippen LogP contribution in [-0.2, 0) is 13.1 Å². The number of aryl methyl sites for hydroxylation is 1. The average molecular weight is 259 g/mol. The highest BCUT2D eigenvalue weighted by Gasteiger charge is 2.12. The van der Waals surface area contributed by atoms with Gasteiger partial charge in [-0.05, 0) is 24.1 Å². The van der Waals surface area contributed by atoms with E-state index in [0.717, 1.165) is 25.1 Å². The van der Waals surface area contributed by atoms with Crippen LogP contribution in [0, 0.1) is 6.92 Å². The van der Waals surface area contributed by atoms with E-state index in [-0.39, 0.29) is 0 Å². The number of carbonyl (C=O) groups is 1. The van der Waals surface area contributed by atoms with Crippen LogP contribution in [0.25, 0.3) is 0 Å². The number of hydrogen-bond donors (Lipinski definition) is 1. The van der Waals surface area contributed by atoms with Crippen LogP contribution in [0.2, 0.25) is 0 Å². The molecule has 1 aromatic heterocycles. The minimum atomic E-state index is -0.885. The van der Waals surface area contributed by atoms with Crippen molar-refractivity contribution in [1.82, 2.24) is 4.57 Å². The number of aromatic carboxylic acids is 1. The highest BCUT2D eigenvalue weighted by Crippen LogP contribution is 2.05. The third-order valence-corrected chi connectivity index (χ3v) is 3.28. The first-order valence-corrected chi connectivity index (χ1v) is 6.49. The normalized spacial score (nSPS) is 10.6. The monoisotopic (exact) mass is 259 g/mol. The van der Waals surface area contributed by atoms with Crippen LogP contribution in [0.15, 0.2) is 36.7 Å². The summed E-state index contributed by atoms with van der Waals surface area (Å²) >= 11 is 0. The number of imidazole rings is 1. The zero-order valence-electron chi connectivity index (χ0n) is 11.3. The summed E-state index contributed by atoms with van der Waals surface area (Å²) < 4.78 is 4.40. The Balaban J connectivity index is 2.14. The maximum Gasteiger partial charge on any atom is 0.335 e. The molecule has 1 N–H and O–H groups in total. The first-order valence-electron chi connectivity index (χ1n) is 6.49. The molecule has 0 unspecified atom stereocenters. The molecule has 2 aromatic rings. The molecule has 0 saturated heterocycles. The zero-order valence-corrected chi connectivity index (χ0v) is 11.3. The van der Waals surface area contributed by atoms with E-state index in [4.69, 9.17) is 5.11 Å². The van der Waals surface area contributed by atoms with Gasteiger partial charge in [0.1, 0.15) is 18.9 Å². The predicted octanol–water partition coefficient (Wildman–Crippen LogP) is 2.24. The van der Waals surface area contributed by atoms with E-state index in [1.807, 2.05) is 12.1 Å². The smallest absolute Gasteiger partial charge is 0.335 e. The molecule has 0 atom stereocenters. The number of benzene rings is 1. The van der Waals surface area contributed by atoms with Crippen molar-refractivity contribution in [3.05, 3.63) is 53.6 Å². The van der Waals surface area contributed by atoms with Crippen LogP contribution in [0.4, 0.5) is 0 Å². The Morgan fingerprint density at radius 3 is 2.58 bits per heavy atom. The SMILES string of the molecule is CCCn1cc[n+](Cc2ccc(C(=O)O)cc2)c1C. The van der Waals surface area contributed by atoms with Crippen molar-refractivity contribution in [2.24, 2.45) is 0 Å². The van der Waals surface area contributed by atoms with E-state index in [2.05, 4.69) is 35.4 Å². The molecular formula is C15H19N2O2+. The van der Waals surface area contributed by atoms with Crippen LogP contribution < -0.4 is 4.57 Å². The van der Waals surface area contributed by atoms with Crippen molar-refractivity contribution in [1.29, 1.82) is 0 Å². The Hall–Kier alpha value is -2.10. The lowest BCUT2D eigenvalue weighted by molar-refractivity contribution is -0.694. The summed E-state index contributed by atoms with van der Waals surface area (Å²) in [5, 5.41) is 8.86. The summed E-state index contributed by atoms with van der Waals surface area (Å²) in [7, 11) is 0. The second-order valence-electron chi connectivity index (χ2n) is 4.67. The van der Waals surface area contributed by atoms with Gasteiger partial charge in [0, 0.05) is 6.92 Å². The Kier molecular flexibility index (Phi) is 4.00. The topological polar surface area (TPSA) is 46.1 Å². The predicted molar refractivity (Wildman–Crippen MR) is 72.2 cm³/mol. The lowest BCUT2D eigenvalue weighted by Crippen LogP contribution is -2.36. The molecule has 1 aromatic carbocycles.